The van der Waals surface area contributed by atoms with Crippen LogP contribution in [0.25, 0.3) is 0 Å². The molecule has 10 heavy (non-hydrogen) atoms. The van der Waals surface area contributed by atoms with Crippen LogP contribution < -0.4 is 5.56 Å². The minimum absolute atomic E-state index is 0. The highest BCUT2D eigenvalue weighted by atomic mass is 35.5. The Morgan fingerprint density at radius 2 is 2.20 bits per heavy atom. The molecule has 0 aliphatic heterocycles. The number of aromatic nitrogens is 3. The summed E-state index contributed by atoms with van der Waals surface area (Å²) in [4.78, 5) is 10.5. The maximum Gasteiger partial charge on any atom is 0.273 e. The Bertz CT molecular complexity index is 271. The smallest absolute Gasteiger partial charge is 0.273 e. The van der Waals surface area contributed by atoms with Crippen LogP contribution in [-0.2, 0) is 0 Å². The molecule has 1 rings (SSSR count). The van der Waals surface area contributed by atoms with Crippen molar-refractivity contribution in [1.29, 1.82) is 0 Å². The number of H-pyrrole nitrogens is 1. The van der Waals surface area contributed by atoms with Gasteiger partial charge in [0.2, 0.25) is 5.88 Å². The van der Waals surface area contributed by atoms with E-state index in [0.29, 0.717) is 0 Å². The van der Waals surface area contributed by atoms with Crippen molar-refractivity contribution in [1.82, 2.24) is 15.4 Å². The van der Waals surface area contributed by atoms with Crippen molar-refractivity contribution in [3.05, 3.63) is 15.9 Å². The summed E-state index contributed by atoms with van der Waals surface area (Å²) >= 11 is 0. The zero-order valence-corrected chi connectivity index (χ0v) is 5.97. The number of hydrogen-bond donors (Lipinski definition) is 2. The molecule has 0 spiro atoms. The van der Waals surface area contributed by atoms with Gasteiger partial charge in [0.15, 0.2) is 0 Å². The quantitative estimate of drug-likeness (QED) is 0.546. The van der Waals surface area contributed by atoms with E-state index >= 15 is 0 Å². The first-order valence-corrected chi connectivity index (χ1v) is 2.32. The molecular weight excluding hydrogens is 158 g/mol. The molecule has 0 aliphatic rings. The fourth-order valence-electron chi connectivity index (χ4n) is 0.378. The molecule has 0 amide bonds. The molecule has 1 aromatic heterocycles. The molecule has 5 nitrogen and oxygen atoms in total. The fraction of sp³-hybridized carbons (Fsp3) is 0.250. The number of aromatic hydroxyl groups is 1. The van der Waals surface area contributed by atoms with Crippen molar-refractivity contribution in [2.24, 2.45) is 0 Å². The van der Waals surface area contributed by atoms with E-state index < -0.39 is 5.56 Å². The summed E-state index contributed by atoms with van der Waals surface area (Å²) in [6.45, 7) is 1.46. The lowest BCUT2D eigenvalue weighted by Gasteiger charge is -1.89. The number of aromatic amines is 1. The largest absolute Gasteiger partial charge is 0.492 e. The van der Waals surface area contributed by atoms with Gasteiger partial charge in [0.05, 0.1) is 5.56 Å². The van der Waals surface area contributed by atoms with Crippen molar-refractivity contribution in [3.8, 4) is 5.88 Å². The lowest BCUT2D eigenvalue weighted by Crippen LogP contribution is -2.11. The Hall–Kier alpha value is -1.10. The zero-order chi connectivity index (χ0) is 6.85. The van der Waals surface area contributed by atoms with Gasteiger partial charge >= 0.3 is 0 Å². The molecular formula is C4H6ClN3O2. The minimum Gasteiger partial charge on any atom is -0.492 e. The van der Waals surface area contributed by atoms with E-state index in [1.165, 1.54) is 6.92 Å². The Balaban J connectivity index is 0.000000810. The summed E-state index contributed by atoms with van der Waals surface area (Å²) in [5, 5.41) is 17.1. The third-order valence-corrected chi connectivity index (χ3v) is 0.972. The number of rotatable bonds is 0. The first-order valence-electron chi connectivity index (χ1n) is 2.32. The molecule has 0 saturated heterocycles. The van der Waals surface area contributed by atoms with Crippen LogP contribution in [0, 0.1) is 6.92 Å². The average molecular weight is 164 g/mol. The van der Waals surface area contributed by atoms with E-state index in [1.807, 2.05) is 0 Å². The van der Waals surface area contributed by atoms with Crippen LogP contribution in [0.1, 0.15) is 5.56 Å². The topological polar surface area (TPSA) is 78.9 Å². The van der Waals surface area contributed by atoms with Crippen LogP contribution in [0.5, 0.6) is 5.88 Å². The molecule has 0 bridgehead atoms. The first-order chi connectivity index (χ1) is 4.22. The Morgan fingerprint density at radius 1 is 1.60 bits per heavy atom. The Labute approximate surface area is 62.5 Å². The van der Waals surface area contributed by atoms with Gasteiger partial charge in [-0.15, -0.1) is 12.4 Å². The van der Waals surface area contributed by atoms with Crippen molar-refractivity contribution < 1.29 is 5.11 Å². The fourth-order valence-corrected chi connectivity index (χ4v) is 0.378. The Morgan fingerprint density at radius 3 is 2.60 bits per heavy atom. The van der Waals surface area contributed by atoms with E-state index in [2.05, 4.69) is 15.4 Å². The van der Waals surface area contributed by atoms with Crippen molar-refractivity contribution in [3.63, 3.8) is 0 Å². The Kier molecular flexibility index (Phi) is 2.82. The SMILES string of the molecule is Cc1c(O)nn[nH]c1=O.Cl. The van der Waals surface area contributed by atoms with Gasteiger partial charge in [-0.1, -0.05) is 10.3 Å². The highest BCUT2D eigenvalue weighted by Gasteiger charge is 1.98. The molecule has 0 atom stereocenters. The van der Waals surface area contributed by atoms with E-state index in [1.54, 1.807) is 0 Å². The van der Waals surface area contributed by atoms with E-state index in [0.717, 1.165) is 0 Å². The monoisotopic (exact) mass is 163 g/mol. The molecule has 0 aliphatic carbocycles. The molecule has 0 unspecified atom stereocenters. The summed E-state index contributed by atoms with van der Waals surface area (Å²) < 4.78 is 0. The number of halogens is 1. The molecule has 0 saturated carbocycles. The van der Waals surface area contributed by atoms with E-state index in [4.69, 9.17) is 5.11 Å². The van der Waals surface area contributed by atoms with Crippen LogP contribution in [0.3, 0.4) is 0 Å². The summed E-state index contributed by atoms with van der Waals surface area (Å²) in [5.74, 6) is -0.321. The predicted molar refractivity (Wildman–Crippen MR) is 36.3 cm³/mol. The van der Waals surface area contributed by atoms with Crippen molar-refractivity contribution in [2.45, 2.75) is 6.92 Å². The van der Waals surface area contributed by atoms with Gasteiger partial charge in [-0.2, -0.15) is 0 Å². The van der Waals surface area contributed by atoms with E-state index in [9.17, 15) is 4.79 Å². The lowest BCUT2D eigenvalue weighted by molar-refractivity contribution is 0.433. The van der Waals surface area contributed by atoms with Crippen molar-refractivity contribution in [2.75, 3.05) is 0 Å². The summed E-state index contributed by atoms with van der Waals surface area (Å²) in [6.07, 6.45) is 0. The van der Waals surface area contributed by atoms with Gasteiger partial charge in [-0.05, 0) is 6.92 Å². The minimum atomic E-state index is -0.414. The average Bonchev–Trinajstić information content (AvgIpc) is 1.83. The van der Waals surface area contributed by atoms with Gasteiger partial charge in [-0.25, -0.2) is 5.10 Å². The third kappa shape index (κ3) is 1.44. The van der Waals surface area contributed by atoms with E-state index in [-0.39, 0.29) is 23.9 Å². The maximum atomic E-state index is 10.5. The van der Waals surface area contributed by atoms with Crippen molar-refractivity contribution >= 4 is 12.4 Å². The van der Waals surface area contributed by atoms with Crippen LogP contribution in [0.15, 0.2) is 4.79 Å². The second-order valence-corrected chi connectivity index (χ2v) is 1.59. The first kappa shape index (κ1) is 8.90. The molecule has 6 heteroatoms. The highest BCUT2D eigenvalue weighted by molar-refractivity contribution is 5.85. The predicted octanol–water partition coefficient (Wildman–Crippen LogP) is -0.399. The molecule has 1 heterocycles. The maximum absolute atomic E-state index is 10.5. The zero-order valence-electron chi connectivity index (χ0n) is 5.16. The standard InChI is InChI=1S/C4H5N3O2.ClH/c1-2-3(8)5-7-6-4(2)9;/h1H3,(H2,5,6,8,9);1H. The highest BCUT2D eigenvalue weighted by Crippen LogP contribution is 2.00. The normalized spacial score (nSPS) is 8.50. The summed E-state index contributed by atoms with van der Waals surface area (Å²) in [6, 6.07) is 0. The van der Waals surface area contributed by atoms with Crippen LogP contribution in [0.2, 0.25) is 0 Å². The van der Waals surface area contributed by atoms with Crippen LogP contribution in [-0.4, -0.2) is 20.5 Å². The van der Waals surface area contributed by atoms with Gasteiger partial charge in [0.1, 0.15) is 0 Å². The molecule has 0 fully saturated rings. The molecule has 56 valence electrons. The summed E-state index contributed by atoms with van der Waals surface area (Å²) in [7, 11) is 0. The third-order valence-electron chi connectivity index (χ3n) is 0.972. The molecule has 2 N–H and O–H groups in total. The molecule has 1 aromatic rings. The van der Waals surface area contributed by atoms with Gasteiger partial charge in [0.25, 0.3) is 5.56 Å². The van der Waals surface area contributed by atoms with Gasteiger partial charge in [0, 0.05) is 0 Å². The lowest BCUT2D eigenvalue weighted by atomic mass is 10.4. The second kappa shape index (κ2) is 3.17. The number of nitrogens with one attached hydrogen (secondary N) is 1. The van der Waals surface area contributed by atoms with Gasteiger partial charge in [-0.3, -0.25) is 4.79 Å². The van der Waals surface area contributed by atoms with Gasteiger partial charge < -0.3 is 5.11 Å². The van der Waals surface area contributed by atoms with Crippen LogP contribution >= 0.6 is 12.4 Å². The second-order valence-electron chi connectivity index (χ2n) is 1.59. The molecule has 0 aromatic carbocycles. The molecule has 0 radical (unpaired) electrons. The summed E-state index contributed by atoms with van der Waals surface area (Å²) in [5.41, 5.74) is -0.229. The van der Waals surface area contributed by atoms with Crippen LogP contribution in [0.4, 0.5) is 0 Å². The number of nitrogens with zero attached hydrogens (tertiary/aromatic N) is 2. The number of hydrogen-bond acceptors (Lipinski definition) is 4.